The minimum absolute atomic E-state index is 0.442. The van der Waals surface area contributed by atoms with Crippen molar-refractivity contribution in [1.82, 2.24) is 15.6 Å². The van der Waals surface area contributed by atoms with Gasteiger partial charge in [0, 0.05) is 31.9 Å². The van der Waals surface area contributed by atoms with E-state index >= 15 is 0 Å². The van der Waals surface area contributed by atoms with Gasteiger partial charge in [0.05, 0.1) is 17.2 Å². The third-order valence-electron chi connectivity index (χ3n) is 5.43. The fourth-order valence-corrected chi connectivity index (χ4v) is 4.54. The van der Waals surface area contributed by atoms with Crippen LogP contribution in [0.5, 0.6) is 5.75 Å². The highest BCUT2D eigenvalue weighted by atomic mass is 32.1. The van der Waals surface area contributed by atoms with Crippen molar-refractivity contribution >= 4 is 22.3 Å². The Hall–Kier alpha value is -3.06. The first-order valence-corrected chi connectivity index (χ1v) is 12.1. The molecule has 0 saturated carbocycles. The molecule has 0 spiro atoms. The van der Waals surface area contributed by atoms with Crippen LogP contribution in [0.15, 0.2) is 71.2 Å². The second-order valence-corrected chi connectivity index (χ2v) is 8.74. The van der Waals surface area contributed by atoms with Crippen LogP contribution in [-0.4, -0.2) is 36.6 Å². The molecule has 7 heteroatoms. The van der Waals surface area contributed by atoms with Gasteiger partial charge >= 0.3 is 0 Å². The van der Waals surface area contributed by atoms with Crippen LogP contribution in [-0.2, 0) is 13.2 Å². The molecular formula is C25H31N5OS. The van der Waals surface area contributed by atoms with Gasteiger partial charge in [-0.2, -0.15) is 0 Å². The summed E-state index contributed by atoms with van der Waals surface area (Å²) >= 11 is 1.82. The highest BCUT2D eigenvalue weighted by Gasteiger charge is 2.20. The molecule has 0 amide bonds. The van der Waals surface area contributed by atoms with Crippen molar-refractivity contribution in [1.29, 1.82) is 0 Å². The van der Waals surface area contributed by atoms with Gasteiger partial charge in [-0.1, -0.05) is 18.2 Å². The molecule has 2 N–H and O–H groups in total. The number of piperidine rings is 1. The first-order chi connectivity index (χ1) is 15.8. The number of aliphatic imine (C=N–C) groups is 1. The Morgan fingerprint density at radius 3 is 2.81 bits per heavy atom. The Balaban J connectivity index is 1.30. The topological polar surface area (TPSA) is 61.8 Å². The second-order valence-electron chi connectivity index (χ2n) is 7.81. The van der Waals surface area contributed by atoms with Gasteiger partial charge < -0.3 is 20.3 Å². The van der Waals surface area contributed by atoms with Crippen molar-refractivity contribution < 1.29 is 4.74 Å². The Bertz CT molecular complexity index is 969. The van der Waals surface area contributed by atoms with E-state index in [1.807, 2.05) is 41.7 Å². The number of hydrogen-bond acceptors (Lipinski definition) is 5. The SMILES string of the molecule is CCNC(=NCc1cccc(OCc2ccccn2)c1)NC1CCN(c2cccs2)CC1. The molecule has 0 atom stereocenters. The molecule has 4 rings (SSSR count). The number of guanidine groups is 1. The summed E-state index contributed by atoms with van der Waals surface area (Å²) in [5.74, 6) is 1.71. The van der Waals surface area contributed by atoms with E-state index in [9.17, 15) is 0 Å². The van der Waals surface area contributed by atoms with E-state index in [-0.39, 0.29) is 0 Å². The van der Waals surface area contributed by atoms with Gasteiger partial charge in [0.2, 0.25) is 0 Å². The number of nitrogens with zero attached hydrogens (tertiary/aromatic N) is 3. The van der Waals surface area contributed by atoms with Crippen LogP contribution in [0, 0.1) is 0 Å². The summed E-state index contributed by atoms with van der Waals surface area (Å²) in [5.41, 5.74) is 2.04. The van der Waals surface area contributed by atoms with Crippen molar-refractivity contribution in [3.63, 3.8) is 0 Å². The van der Waals surface area contributed by atoms with Gasteiger partial charge in [-0.15, -0.1) is 11.3 Å². The van der Waals surface area contributed by atoms with Crippen molar-refractivity contribution in [3.8, 4) is 5.75 Å². The minimum Gasteiger partial charge on any atom is -0.487 e. The minimum atomic E-state index is 0.442. The van der Waals surface area contributed by atoms with Gasteiger partial charge in [-0.3, -0.25) is 4.98 Å². The van der Waals surface area contributed by atoms with E-state index in [1.54, 1.807) is 6.20 Å². The highest BCUT2D eigenvalue weighted by molar-refractivity contribution is 7.14. The van der Waals surface area contributed by atoms with Crippen molar-refractivity contribution in [2.45, 2.75) is 39.0 Å². The van der Waals surface area contributed by atoms with Gasteiger partial charge in [-0.25, -0.2) is 4.99 Å². The molecule has 0 aliphatic carbocycles. The number of ether oxygens (including phenoxy) is 1. The Kier molecular flexibility index (Phi) is 7.98. The van der Waals surface area contributed by atoms with Crippen molar-refractivity contribution in [2.75, 3.05) is 24.5 Å². The molecule has 168 valence electrons. The first-order valence-electron chi connectivity index (χ1n) is 11.2. The molecule has 1 aromatic carbocycles. The monoisotopic (exact) mass is 449 g/mol. The van der Waals surface area contributed by atoms with E-state index < -0.39 is 0 Å². The number of hydrogen-bond donors (Lipinski definition) is 2. The predicted molar refractivity (Wildman–Crippen MR) is 133 cm³/mol. The number of pyridine rings is 1. The van der Waals surface area contributed by atoms with E-state index in [0.29, 0.717) is 19.2 Å². The maximum atomic E-state index is 5.90. The quantitative estimate of drug-likeness (QED) is 0.393. The number of anilines is 1. The van der Waals surface area contributed by atoms with Gasteiger partial charge in [0.25, 0.3) is 0 Å². The smallest absolute Gasteiger partial charge is 0.191 e. The van der Waals surface area contributed by atoms with Crippen LogP contribution < -0.4 is 20.3 Å². The largest absolute Gasteiger partial charge is 0.487 e. The molecule has 0 radical (unpaired) electrons. The van der Waals surface area contributed by atoms with E-state index in [2.05, 4.69) is 57.1 Å². The zero-order chi connectivity index (χ0) is 22.0. The van der Waals surface area contributed by atoms with Gasteiger partial charge in [0.1, 0.15) is 12.4 Å². The average molecular weight is 450 g/mol. The number of nitrogens with one attached hydrogen (secondary N) is 2. The summed E-state index contributed by atoms with van der Waals surface area (Å²) in [6.07, 6.45) is 4.00. The Labute approximate surface area is 194 Å². The van der Waals surface area contributed by atoms with Crippen LogP contribution in [0.3, 0.4) is 0 Å². The Morgan fingerprint density at radius 2 is 2.06 bits per heavy atom. The average Bonchev–Trinajstić information content (AvgIpc) is 3.38. The van der Waals surface area contributed by atoms with Crippen LogP contribution >= 0.6 is 11.3 Å². The molecule has 1 saturated heterocycles. The molecule has 6 nitrogen and oxygen atoms in total. The first kappa shape index (κ1) is 22.1. The van der Waals surface area contributed by atoms with E-state index in [0.717, 1.165) is 55.4 Å². The normalized spacial score (nSPS) is 14.9. The maximum Gasteiger partial charge on any atom is 0.191 e. The summed E-state index contributed by atoms with van der Waals surface area (Å²) in [5, 5.41) is 10.5. The zero-order valence-corrected chi connectivity index (χ0v) is 19.4. The number of thiophene rings is 1. The fraction of sp³-hybridized carbons (Fsp3) is 0.360. The lowest BCUT2D eigenvalue weighted by Gasteiger charge is -2.33. The summed E-state index contributed by atoms with van der Waals surface area (Å²) in [4.78, 5) is 11.6. The van der Waals surface area contributed by atoms with Crippen LogP contribution in [0.2, 0.25) is 0 Å². The summed E-state index contributed by atoms with van der Waals surface area (Å²) in [7, 11) is 0. The van der Waals surface area contributed by atoms with Crippen LogP contribution in [0.25, 0.3) is 0 Å². The molecule has 3 aromatic rings. The summed E-state index contributed by atoms with van der Waals surface area (Å²) in [6.45, 7) is 6.16. The zero-order valence-electron chi connectivity index (χ0n) is 18.5. The molecular weight excluding hydrogens is 418 g/mol. The van der Waals surface area contributed by atoms with E-state index in [1.165, 1.54) is 5.00 Å². The van der Waals surface area contributed by atoms with Gasteiger partial charge in [-0.05, 0) is 67.1 Å². The lowest BCUT2D eigenvalue weighted by atomic mass is 10.1. The van der Waals surface area contributed by atoms with Crippen LogP contribution in [0.1, 0.15) is 31.0 Å². The van der Waals surface area contributed by atoms with Crippen molar-refractivity contribution in [3.05, 3.63) is 77.4 Å². The maximum absolute atomic E-state index is 5.90. The fourth-order valence-electron chi connectivity index (χ4n) is 3.75. The van der Waals surface area contributed by atoms with Crippen molar-refractivity contribution in [2.24, 2.45) is 4.99 Å². The van der Waals surface area contributed by atoms with Gasteiger partial charge in [0.15, 0.2) is 5.96 Å². The number of benzene rings is 1. The highest BCUT2D eigenvalue weighted by Crippen LogP contribution is 2.24. The third kappa shape index (κ3) is 6.47. The molecule has 3 heterocycles. The van der Waals surface area contributed by atoms with Crippen LogP contribution in [0.4, 0.5) is 5.00 Å². The predicted octanol–water partition coefficient (Wildman–Crippen LogP) is 4.45. The number of rotatable bonds is 8. The lowest BCUT2D eigenvalue weighted by molar-refractivity contribution is 0.301. The summed E-state index contributed by atoms with van der Waals surface area (Å²) < 4.78 is 5.90. The second kappa shape index (κ2) is 11.5. The third-order valence-corrected chi connectivity index (χ3v) is 6.36. The van der Waals surface area contributed by atoms with E-state index in [4.69, 9.17) is 9.73 Å². The molecule has 0 unspecified atom stereocenters. The molecule has 1 aliphatic rings. The molecule has 2 aromatic heterocycles. The lowest BCUT2D eigenvalue weighted by Crippen LogP contribution is -2.48. The standard InChI is InChI=1S/C25H31N5OS/c1-2-26-25(29-21-11-14-30(15-12-21)24-10-6-16-32-24)28-18-20-7-5-9-23(17-20)31-19-22-8-3-4-13-27-22/h3-10,13,16-17,21H,2,11-12,14-15,18-19H2,1H3,(H2,26,28,29). The molecule has 32 heavy (non-hydrogen) atoms. The Morgan fingerprint density at radius 1 is 1.16 bits per heavy atom. The molecule has 1 aliphatic heterocycles. The number of aromatic nitrogens is 1. The molecule has 0 bridgehead atoms. The summed E-state index contributed by atoms with van der Waals surface area (Å²) in [6, 6.07) is 18.7. The molecule has 1 fully saturated rings.